The third-order valence-corrected chi connectivity index (χ3v) is 5.76. The van der Waals surface area contributed by atoms with Crippen LogP contribution in [-0.2, 0) is 6.54 Å². The Kier molecular flexibility index (Phi) is 5.15. The normalized spacial score (nSPS) is 11.3. The van der Waals surface area contributed by atoms with Gasteiger partial charge in [0.25, 0.3) is 5.91 Å². The van der Waals surface area contributed by atoms with Gasteiger partial charge >= 0.3 is 0 Å². The van der Waals surface area contributed by atoms with E-state index in [0.717, 1.165) is 27.9 Å². The van der Waals surface area contributed by atoms with Gasteiger partial charge in [0, 0.05) is 40.3 Å². The van der Waals surface area contributed by atoms with Crippen molar-refractivity contribution >= 4 is 28.3 Å². The van der Waals surface area contributed by atoms with Crippen molar-refractivity contribution in [3.8, 4) is 11.3 Å². The maximum atomic E-state index is 13.1. The number of carbonyl (C=O) groups is 1. The molecule has 0 fully saturated rings. The summed E-state index contributed by atoms with van der Waals surface area (Å²) in [7, 11) is 0. The minimum absolute atomic E-state index is 0.143. The van der Waals surface area contributed by atoms with Crippen molar-refractivity contribution in [1.29, 1.82) is 0 Å². The maximum absolute atomic E-state index is 13.1. The summed E-state index contributed by atoms with van der Waals surface area (Å²) in [6.07, 6.45) is 5.20. The highest BCUT2D eigenvalue weighted by atomic mass is 32.1. The largest absolute Gasteiger partial charge is 0.348 e. The topological polar surface area (TPSA) is 72.7 Å². The first-order valence-electron chi connectivity index (χ1n) is 9.57. The summed E-state index contributed by atoms with van der Waals surface area (Å²) in [4.78, 5) is 24.5. The monoisotopic (exact) mass is 405 g/mol. The van der Waals surface area contributed by atoms with Gasteiger partial charge in [-0.15, -0.1) is 11.3 Å². The fourth-order valence-corrected chi connectivity index (χ4v) is 4.32. The zero-order chi connectivity index (χ0) is 20.5. The first kappa shape index (κ1) is 19.3. The van der Waals surface area contributed by atoms with Crippen LogP contribution >= 0.6 is 11.3 Å². The van der Waals surface area contributed by atoms with Crippen LogP contribution in [0.1, 0.15) is 45.6 Å². The van der Waals surface area contributed by atoms with Gasteiger partial charge < -0.3 is 5.32 Å². The minimum atomic E-state index is -0.143. The van der Waals surface area contributed by atoms with E-state index in [1.54, 1.807) is 29.9 Å². The fourth-order valence-electron chi connectivity index (χ4n) is 3.39. The van der Waals surface area contributed by atoms with E-state index in [0.29, 0.717) is 12.1 Å². The predicted molar refractivity (Wildman–Crippen MR) is 116 cm³/mol. The Morgan fingerprint density at radius 3 is 2.72 bits per heavy atom. The van der Waals surface area contributed by atoms with Crippen molar-refractivity contribution in [2.24, 2.45) is 0 Å². The van der Waals surface area contributed by atoms with Crippen LogP contribution in [0.2, 0.25) is 0 Å². The number of hydrogen-bond acceptors (Lipinski definition) is 5. The van der Waals surface area contributed by atoms with Crippen LogP contribution < -0.4 is 5.32 Å². The van der Waals surface area contributed by atoms with Crippen LogP contribution in [0.5, 0.6) is 0 Å². The molecule has 4 aromatic heterocycles. The molecule has 148 valence electrons. The van der Waals surface area contributed by atoms with Gasteiger partial charge in [-0.05, 0) is 51.5 Å². The highest BCUT2D eigenvalue weighted by Crippen LogP contribution is 2.32. The standard InChI is InChI=1S/C22H23N5OS/c1-13(2)27-21-19(12-25-27)18(22(28)24-11-16-6-5-7-23-10-16)9-20(26-21)17-8-14(3)29-15(17)4/h5-10,12-13H,11H2,1-4H3,(H,24,28). The summed E-state index contributed by atoms with van der Waals surface area (Å²) in [5.74, 6) is -0.143. The summed E-state index contributed by atoms with van der Waals surface area (Å²) in [5.41, 5.74) is 4.13. The van der Waals surface area contributed by atoms with Crippen LogP contribution in [0.15, 0.2) is 42.9 Å². The SMILES string of the molecule is Cc1cc(-c2cc(C(=O)NCc3cccnc3)c3cnn(C(C)C)c3n2)c(C)s1. The summed E-state index contributed by atoms with van der Waals surface area (Å²) in [6, 6.07) is 7.95. The van der Waals surface area contributed by atoms with E-state index >= 15 is 0 Å². The van der Waals surface area contributed by atoms with E-state index in [9.17, 15) is 4.79 Å². The summed E-state index contributed by atoms with van der Waals surface area (Å²) < 4.78 is 1.87. The summed E-state index contributed by atoms with van der Waals surface area (Å²) >= 11 is 1.73. The molecule has 0 aliphatic carbocycles. The zero-order valence-electron chi connectivity index (χ0n) is 16.9. The molecule has 0 spiro atoms. The third kappa shape index (κ3) is 3.78. The average Bonchev–Trinajstić information content (AvgIpc) is 3.28. The van der Waals surface area contributed by atoms with Crippen LogP contribution in [0, 0.1) is 13.8 Å². The van der Waals surface area contributed by atoms with E-state index in [4.69, 9.17) is 4.98 Å². The molecule has 0 unspecified atom stereocenters. The Bertz CT molecular complexity index is 1180. The molecule has 0 bridgehead atoms. The number of rotatable bonds is 5. The molecular weight excluding hydrogens is 382 g/mol. The molecule has 0 aliphatic rings. The molecule has 0 saturated heterocycles. The van der Waals surface area contributed by atoms with Crippen LogP contribution in [0.4, 0.5) is 0 Å². The molecule has 0 aromatic carbocycles. The number of hydrogen-bond donors (Lipinski definition) is 1. The number of carbonyl (C=O) groups excluding carboxylic acids is 1. The van der Waals surface area contributed by atoms with E-state index < -0.39 is 0 Å². The number of nitrogens with one attached hydrogen (secondary N) is 1. The molecule has 4 rings (SSSR count). The van der Waals surface area contributed by atoms with Gasteiger partial charge in [0.2, 0.25) is 0 Å². The fraction of sp³-hybridized carbons (Fsp3) is 0.273. The van der Waals surface area contributed by atoms with Crippen LogP contribution in [0.3, 0.4) is 0 Å². The van der Waals surface area contributed by atoms with Crippen molar-refractivity contribution in [3.05, 3.63) is 63.7 Å². The van der Waals surface area contributed by atoms with Gasteiger partial charge in [-0.3, -0.25) is 9.78 Å². The molecule has 0 atom stereocenters. The van der Waals surface area contributed by atoms with E-state index in [1.807, 2.05) is 22.9 Å². The molecule has 6 nitrogen and oxygen atoms in total. The van der Waals surface area contributed by atoms with Crippen molar-refractivity contribution in [3.63, 3.8) is 0 Å². The molecule has 0 saturated carbocycles. The van der Waals surface area contributed by atoms with Crippen molar-refractivity contribution in [2.75, 3.05) is 0 Å². The second kappa shape index (κ2) is 7.75. The van der Waals surface area contributed by atoms with Crippen LogP contribution in [-0.4, -0.2) is 25.7 Å². The van der Waals surface area contributed by atoms with Crippen LogP contribution in [0.25, 0.3) is 22.3 Å². The number of aromatic nitrogens is 4. The first-order chi connectivity index (χ1) is 13.9. The van der Waals surface area contributed by atoms with Crippen molar-refractivity contribution < 1.29 is 4.79 Å². The number of nitrogens with zero attached hydrogens (tertiary/aromatic N) is 4. The Morgan fingerprint density at radius 1 is 1.24 bits per heavy atom. The molecule has 0 radical (unpaired) electrons. The van der Waals surface area contributed by atoms with Gasteiger partial charge in [-0.1, -0.05) is 6.07 Å². The smallest absolute Gasteiger partial charge is 0.252 e. The average molecular weight is 406 g/mol. The molecule has 4 heterocycles. The molecule has 7 heteroatoms. The Balaban J connectivity index is 1.79. The van der Waals surface area contributed by atoms with Crippen molar-refractivity contribution in [2.45, 2.75) is 40.3 Å². The lowest BCUT2D eigenvalue weighted by molar-refractivity contribution is 0.0952. The second-order valence-corrected chi connectivity index (χ2v) is 8.81. The first-order valence-corrected chi connectivity index (χ1v) is 10.4. The Hall–Kier alpha value is -3.06. The quantitative estimate of drug-likeness (QED) is 0.523. The Morgan fingerprint density at radius 2 is 2.07 bits per heavy atom. The lowest BCUT2D eigenvalue weighted by Gasteiger charge is -2.11. The lowest BCUT2D eigenvalue weighted by Crippen LogP contribution is -2.23. The van der Waals surface area contributed by atoms with E-state index in [2.05, 4.69) is 49.2 Å². The number of fused-ring (bicyclic) bond motifs is 1. The van der Waals surface area contributed by atoms with Gasteiger partial charge in [0.1, 0.15) is 0 Å². The van der Waals surface area contributed by atoms with Gasteiger partial charge in [0.05, 0.1) is 22.8 Å². The minimum Gasteiger partial charge on any atom is -0.348 e. The van der Waals surface area contributed by atoms with E-state index in [1.165, 1.54) is 9.75 Å². The third-order valence-electron chi connectivity index (χ3n) is 4.79. The molecule has 0 aliphatic heterocycles. The number of amides is 1. The maximum Gasteiger partial charge on any atom is 0.252 e. The number of aryl methyl sites for hydroxylation is 2. The van der Waals surface area contributed by atoms with Gasteiger partial charge in [-0.25, -0.2) is 9.67 Å². The summed E-state index contributed by atoms with van der Waals surface area (Å²) in [5, 5.41) is 8.25. The zero-order valence-corrected chi connectivity index (χ0v) is 17.7. The lowest BCUT2D eigenvalue weighted by atomic mass is 10.1. The molecule has 29 heavy (non-hydrogen) atoms. The highest BCUT2D eigenvalue weighted by Gasteiger charge is 2.19. The molecule has 1 N–H and O–H groups in total. The van der Waals surface area contributed by atoms with Gasteiger partial charge in [-0.2, -0.15) is 5.10 Å². The van der Waals surface area contributed by atoms with Crippen molar-refractivity contribution in [1.82, 2.24) is 25.1 Å². The predicted octanol–water partition coefficient (Wildman–Crippen LogP) is 4.68. The Labute approximate surface area is 173 Å². The number of pyridine rings is 2. The number of thiophene rings is 1. The molecule has 4 aromatic rings. The molecular formula is C22H23N5OS. The summed E-state index contributed by atoms with van der Waals surface area (Å²) in [6.45, 7) is 8.70. The molecule has 1 amide bonds. The van der Waals surface area contributed by atoms with Gasteiger partial charge in [0.15, 0.2) is 5.65 Å². The van der Waals surface area contributed by atoms with E-state index in [-0.39, 0.29) is 11.9 Å². The second-order valence-electron chi connectivity index (χ2n) is 7.35. The highest BCUT2D eigenvalue weighted by molar-refractivity contribution is 7.12.